The smallest absolute Gasteiger partial charge is 0.306 e. The molecule has 0 spiro atoms. The zero-order valence-electron chi connectivity index (χ0n) is 15.2. The van der Waals surface area contributed by atoms with Gasteiger partial charge in [-0.25, -0.2) is 4.98 Å². The normalized spacial score (nSPS) is 10.5. The van der Waals surface area contributed by atoms with Crippen molar-refractivity contribution in [2.75, 3.05) is 13.2 Å². The second-order valence-corrected chi connectivity index (χ2v) is 7.15. The number of rotatable bonds is 9. The molecule has 0 saturated heterocycles. The summed E-state index contributed by atoms with van der Waals surface area (Å²) in [5.74, 6) is -0.209. The summed E-state index contributed by atoms with van der Waals surface area (Å²) in [7, 11) is 0. The number of carbonyl (C=O) groups excluding carboxylic acids is 2. The molecule has 2 heterocycles. The van der Waals surface area contributed by atoms with Gasteiger partial charge in [-0.15, -0.1) is 11.3 Å². The summed E-state index contributed by atoms with van der Waals surface area (Å²) in [6, 6.07) is 13.3. The molecule has 28 heavy (non-hydrogen) atoms. The maximum Gasteiger partial charge on any atom is 0.306 e. The van der Waals surface area contributed by atoms with Gasteiger partial charge < -0.3 is 14.1 Å². The van der Waals surface area contributed by atoms with Gasteiger partial charge in [-0.05, 0) is 24.3 Å². The first-order valence-electron chi connectivity index (χ1n) is 8.83. The molecule has 7 nitrogen and oxygen atoms in total. The molecule has 1 amide bonds. The lowest BCUT2D eigenvalue weighted by Gasteiger charge is -2.20. The van der Waals surface area contributed by atoms with E-state index >= 15 is 0 Å². The fraction of sp³-hybridized carbons (Fsp3) is 0.300. The lowest BCUT2D eigenvalue weighted by molar-refractivity contribution is -0.152. The van der Waals surface area contributed by atoms with Crippen molar-refractivity contribution in [3.63, 3.8) is 0 Å². The van der Waals surface area contributed by atoms with E-state index in [0.29, 0.717) is 12.2 Å². The van der Waals surface area contributed by atoms with E-state index in [-0.39, 0.29) is 38.4 Å². The van der Waals surface area contributed by atoms with Gasteiger partial charge in [0.25, 0.3) is 5.91 Å². The number of esters is 1. The third kappa shape index (κ3) is 5.41. The second kappa shape index (κ2) is 9.67. The molecule has 0 N–H and O–H groups in total. The minimum Gasteiger partial charge on any atom is -0.467 e. The molecule has 0 aliphatic rings. The Morgan fingerprint density at radius 3 is 2.86 bits per heavy atom. The van der Waals surface area contributed by atoms with Crippen molar-refractivity contribution < 1.29 is 18.7 Å². The minimum absolute atomic E-state index is 0.156. The van der Waals surface area contributed by atoms with Crippen LogP contribution in [0.25, 0.3) is 10.2 Å². The van der Waals surface area contributed by atoms with Crippen molar-refractivity contribution in [1.82, 2.24) is 9.88 Å². The molecule has 1 aromatic carbocycles. The summed E-state index contributed by atoms with van der Waals surface area (Å²) in [5.41, 5.74) is 0.914. The number of ether oxygens (including phenoxy) is 1. The Bertz CT molecular complexity index is 942. The molecule has 0 unspecified atom stereocenters. The van der Waals surface area contributed by atoms with E-state index < -0.39 is 5.97 Å². The highest BCUT2D eigenvalue weighted by atomic mass is 32.1. The number of nitriles is 1. The number of furan rings is 1. The van der Waals surface area contributed by atoms with Gasteiger partial charge in [0.1, 0.15) is 5.76 Å². The van der Waals surface area contributed by atoms with Crippen LogP contribution in [-0.2, 0) is 27.3 Å². The molecule has 0 aliphatic carbocycles. The number of benzene rings is 1. The maximum atomic E-state index is 12.4. The quantitative estimate of drug-likeness (QED) is 0.514. The molecule has 3 aromatic rings. The summed E-state index contributed by atoms with van der Waals surface area (Å²) in [5, 5.41) is 9.63. The second-order valence-electron chi connectivity index (χ2n) is 6.04. The molecular weight excluding hydrogens is 378 g/mol. The molecule has 0 radical (unpaired) electrons. The third-order valence-electron chi connectivity index (χ3n) is 4.01. The van der Waals surface area contributed by atoms with Gasteiger partial charge in [0.2, 0.25) is 0 Å². The molecule has 0 aliphatic heterocycles. The highest BCUT2D eigenvalue weighted by Gasteiger charge is 2.17. The zero-order valence-corrected chi connectivity index (χ0v) is 16.0. The number of carbonyl (C=O) groups is 2. The minimum atomic E-state index is -0.453. The van der Waals surface area contributed by atoms with Crippen molar-refractivity contribution in [2.24, 2.45) is 0 Å². The monoisotopic (exact) mass is 397 g/mol. The fourth-order valence-electron chi connectivity index (χ4n) is 2.61. The zero-order chi connectivity index (χ0) is 19.8. The predicted octanol–water partition coefficient (Wildman–Crippen LogP) is 3.31. The molecule has 0 bridgehead atoms. The van der Waals surface area contributed by atoms with Gasteiger partial charge in [-0.1, -0.05) is 12.1 Å². The average Bonchev–Trinajstić information content (AvgIpc) is 3.36. The first-order valence-corrected chi connectivity index (χ1v) is 9.64. The van der Waals surface area contributed by atoms with Gasteiger partial charge in [-0.3, -0.25) is 9.59 Å². The molecule has 3 rings (SSSR count). The Hall–Kier alpha value is -3.18. The largest absolute Gasteiger partial charge is 0.467 e. The molecule has 0 atom stereocenters. The van der Waals surface area contributed by atoms with Crippen molar-refractivity contribution >= 4 is 33.4 Å². The van der Waals surface area contributed by atoms with Gasteiger partial charge in [0, 0.05) is 13.0 Å². The Labute approximate surface area is 166 Å². The number of nitrogens with zero attached hydrogens (tertiary/aromatic N) is 3. The van der Waals surface area contributed by atoms with Crippen LogP contribution in [0, 0.1) is 11.3 Å². The number of thiazole rings is 1. The van der Waals surface area contributed by atoms with Crippen LogP contribution in [0.4, 0.5) is 0 Å². The molecule has 0 saturated carbocycles. The van der Waals surface area contributed by atoms with Crippen LogP contribution < -0.4 is 0 Å². The van der Waals surface area contributed by atoms with Crippen LogP contribution in [0.5, 0.6) is 0 Å². The maximum absolute atomic E-state index is 12.4. The summed E-state index contributed by atoms with van der Waals surface area (Å²) in [6.45, 7) is 0.126. The molecule has 144 valence electrons. The Balaban J connectivity index is 1.47. The Kier molecular flexibility index (Phi) is 6.76. The number of para-hydroxylation sites is 1. The van der Waals surface area contributed by atoms with E-state index in [1.165, 1.54) is 11.2 Å². The van der Waals surface area contributed by atoms with Gasteiger partial charge in [0.05, 0.1) is 46.9 Å². The van der Waals surface area contributed by atoms with Crippen LogP contribution in [-0.4, -0.2) is 34.9 Å². The van der Waals surface area contributed by atoms with Gasteiger partial charge in [0.15, 0.2) is 6.61 Å². The van der Waals surface area contributed by atoms with Crippen molar-refractivity contribution in [3.8, 4) is 6.07 Å². The summed E-state index contributed by atoms with van der Waals surface area (Å²) in [6.07, 6.45) is 2.34. The predicted molar refractivity (Wildman–Crippen MR) is 103 cm³/mol. The fourth-order valence-corrected chi connectivity index (χ4v) is 3.58. The van der Waals surface area contributed by atoms with Crippen LogP contribution in [0.2, 0.25) is 0 Å². The standard InChI is InChI=1S/C20H19N3O4S/c21-10-4-11-23(13-15-5-3-12-26-15)19(24)14-27-20(25)9-8-18-22-16-6-1-2-7-17(16)28-18/h1-3,5-7,12H,4,8-9,11,13-14H2. The highest BCUT2D eigenvalue weighted by molar-refractivity contribution is 7.18. The van der Waals surface area contributed by atoms with E-state index in [2.05, 4.69) is 4.98 Å². The third-order valence-corrected chi connectivity index (χ3v) is 5.11. The van der Waals surface area contributed by atoms with E-state index in [4.69, 9.17) is 14.4 Å². The number of fused-ring (bicyclic) bond motifs is 1. The van der Waals surface area contributed by atoms with Crippen LogP contribution >= 0.6 is 11.3 Å². The van der Waals surface area contributed by atoms with Crippen molar-refractivity contribution in [2.45, 2.75) is 25.8 Å². The van der Waals surface area contributed by atoms with Crippen molar-refractivity contribution in [1.29, 1.82) is 5.26 Å². The van der Waals surface area contributed by atoms with Crippen LogP contribution in [0.15, 0.2) is 47.1 Å². The van der Waals surface area contributed by atoms with Gasteiger partial charge >= 0.3 is 5.97 Å². The average molecular weight is 397 g/mol. The van der Waals surface area contributed by atoms with E-state index in [9.17, 15) is 9.59 Å². The number of hydrogen-bond donors (Lipinski definition) is 0. The van der Waals surface area contributed by atoms with Crippen LogP contribution in [0.1, 0.15) is 23.6 Å². The van der Waals surface area contributed by atoms with E-state index in [0.717, 1.165) is 15.2 Å². The molecule has 2 aromatic heterocycles. The SMILES string of the molecule is N#CCCN(Cc1ccco1)C(=O)COC(=O)CCc1nc2ccccc2s1. The molecule has 0 fully saturated rings. The van der Waals surface area contributed by atoms with Crippen molar-refractivity contribution in [3.05, 3.63) is 53.4 Å². The molecule has 8 heteroatoms. The molecular formula is C20H19N3O4S. The lowest BCUT2D eigenvalue weighted by Crippen LogP contribution is -2.35. The van der Waals surface area contributed by atoms with Gasteiger partial charge in [-0.2, -0.15) is 5.26 Å². The lowest BCUT2D eigenvalue weighted by atomic mass is 10.3. The Morgan fingerprint density at radius 1 is 1.25 bits per heavy atom. The van der Waals surface area contributed by atoms with E-state index in [1.54, 1.807) is 23.5 Å². The summed E-state index contributed by atoms with van der Waals surface area (Å²) >= 11 is 1.54. The summed E-state index contributed by atoms with van der Waals surface area (Å²) < 4.78 is 11.4. The number of hydrogen-bond acceptors (Lipinski definition) is 7. The highest BCUT2D eigenvalue weighted by Crippen LogP contribution is 2.22. The van der Waals surface area contributed by atoms with Crippen LogP contribution in [0.3, 0.4) is 0 Å². The number of aromatic nitrogens is 1. The topological polar surface area (TPSA) is 96.4 Å². The number of amides is 1. The van der Waals surface area contributed by atoms with E-state index in [1.807, 2.05) is 30.3 Å². The summed E-state index contributed by atoms with van der Waals surface area (Å²) in [4.78, 5) is 30.3. The first-order chi connectivity index (χ1) is 13.7. The number of aryl methyl sites for hydroxylation is 1. The Morgan fingerprint density at radius 2 is 2.11 bits per heavy atom. The first kappa shape index (κ1) is 19.6.